The number of aryl methyl sites for hydroxylation is 1. The van der Waals surface area contributed by atoms with Crippen LogP contribution < -0.4 is 9.62 Å². The first-order valence-corrected chi connectivity index (χ1v) is 9.57. The van der Waals surface area contributed by atoms with Crippen LogP contribution in [0.25, 0.3) is 0 Å². The number of sulfonamides is 1. The molecule has 25 heavy (non-hydrogen) atoms. The number of carbonyl (C=O) groups is 1. The van der Waals surface area contributed by atoms with Gasteiger partial charge in [-0.3, -0.25) is 9.10 Å². The minimum atomic E-state index is -3.79. The lowest BCUT2D eigenvalue weighted by Crippen LogP contribution is -2.35. The zero-order chi connectivity index (χ0) is 18.0. The van der Waals surface area contributed by atoms with Crippen molar-refractivity contribution in [2.24, 2.45) is 0 Å². The van der Waals surface area contributed by atoms with E-state index < -0.39 is 15.8 Å². The minimum Gasteiger partial charge on any atom is -0.326 e. The standard InChI is InChI=1S/C18H19FN2O3S/c1-2-18(22)20-15-8-5-13-4-3-11-21(17(13)12-15)25(23,24)16-9-6-14(19)7-10-16/h5-10,12H,2-4,11H2,1H3,(H,20,22). The molecule has 132 valence electrons. The van der Waals surface area contributed by atoms with Gasteiger partial charge in [-0.15, -0.1) is 0 Å². The summed E-state index contributed by atoms with van der Waals surface area (Å²) >= 11 is 0. The van der Waals surface area contributed by atoms with Gasteiger partial charge in [0.05, 0.1) is 10.6 Å². The van der Waals surface area contributed by atoms with E-state index in [0.29, 0.717) is 30.8 Å². The number of halogens is 1. The number of hydrogen-bond donors (Lipinski definition) is 1. The maximum atomic E-state index is 13.1. The zero-order valence-electron chi connectivity index (χ0n) is 13.8. The van der Waals surface area contributed by atoms with Crippen LogP contribution in [0.15, 0.2) is 47.4 Å². The number of anilines is 2. The van der Waals surface area contributed by atoms with Gasteiger partial charge in [0.2, 0.25) is 5.91 Å². The Kier molecular flexibility index (Phi) is 4.76. The predicted molar refractivity (Wildman–Crippen MR) is 94.6 cm³/mol. The van der Waals surface area contributed by atoms with Crippen LogP contribution in [0.1, 0.15) is 25.3 Å². The summed E-state index contributed by atoms with van der Waals surface area (Å²) in [4.78, 5) is 11.6. The molecule has 0 bridgehead atoms. The molecule has 7 heteroatoms. The van der Waals surface area contributed by atoms with Crippen LogP contribution in [0, 0.1) is 5.82 Å². The van der Waals surface area contributed by atoms with Crippen LogP contribution in [-0.2, 0) is 21.2 Å². The van der Waals surface area contributed by atoms with Gasteiger partial charge in [-0.2, -0.15) is 0 Å². The molecular formula is C18H19FN2O3S. The van der Waals surface area contributed by atoms with Crippen molar-refractivity contribution in [1.29, 1.82) is 0 Å². The first-order valence-electron chi connectivity index (χ1n) is 8.13. The highest BCUT2D eigenvalue weighted by molar-refractivity contribution is 7.92. The molecule has 0 radical (unpaired) electrons. The van der Waals surface area contributed by atoms with Crippen molar-refractivity contribution >= 4 is 27.3 Å². The molecule has 0 saturated heterocycles. The lowest BCUT2D eigenvalue weighted by atomic mass is 10.0. The SMILES string of the molecule is CCC(=O)Nc1ccc2c(c1)N(S(=O)(=O)c1ccc(F)cc1)CCC2. The van der Waals surface area contributed by atoms with Gasteiger partial charge in [-0.1, -0.05) is 13.0 Å². The van der Waals surface area contributed by atoms with Crippen molar-refractivity contribution in [3.8, 4) is 0 Å². The molecule has 0 spiro atoms. The third kappa shape index (κ3) is 3.51. The number of nitrogens with one attached hydrogen (secondary N) is 1. The Morgan fingerprint density at radius 1 is 1.20 bits per heavy atom. The number of amides is 1. The van der Waals surface area contributed by atoms with Crippen LogP contribution in [0.5, 0.6) is 0 Å². The summed E-state index contributed by atoms with van der Waals surface area (Å²) in [6.07, 6.45) is 1.82. The third-order valence-corrected chi connectivity index (χ3v) is 6.00. The Hall–Kier alpha value is -2.41. The summed E-state index contributed by atoms with van der Waals surface area (Å²) < 4.78 is 40.4. The highest BCUT2D eigenvalue weighted by Crippen LogP contribution is 2.34. The molecule has 2 aromatic carbocycles. The van der Waals surface area contributed by atoms with Gasteiger partial charge >= 0.3 is 0 Å². The maximum absolute atomic E-state index is 13.1. The maximum Gasteiger partial charge on any atom is 0.264 e. The molecule has 5 nitrogen and oxygen atoms in total. The molecule has 0 saturated carbocycles. The summed E-state index contributed by atoms with van der Waals surface area (Å²) in [6, 6.07) is 10.1. The molecular weight excluding hydrogens is 343 g/mol. The van der Waals surface area contributed by atoms with Crippen molar-refractivity contribution < 1.29 is 17.6 Å². The lowest BCUT2D eigenvalue weighted by Gasteiger charge is -2.31. The van der Waals surface area contributed by atoms with Crippen LogP contribution >= 0.6 is 0 Å². The number of carbonyl (C=O) groups excluding carboxylic acids is 1. The minimum absolute atomic E-state index is 0.0461. The first-order chi connectivity index (χ1) is 11.9. The van der Waals surface area contributed by atoms with Crippen LogP contribution in [0.4, 0.5) is 15.8 Å². The highest BCUT2D eigenvalue weighted by Gasteiger charge is 2.29. The summed E-state index contributed by atoms with van der Waals surface area (Å²) in [5.41, 5.74) is 2.03. The third-order valence-electron chi connectivity index (χ3n) is 4.17. The monoisotopic (exact) mass is 362 g/mol. The normalized spacial score (nSPS) is 14.1. The molecule has 1 amide bonds. The average Bonchev–Trinajstić information content (AvgIpc) is 2.61. The van der Waals surface area contributed by atoms with Gasteiger partial charge < -0.3 is 5.32 Å². The second kappa shape index (κ2) is 6.84. The van der Waals surface area contributed by atoms with Gasteiger partial charge in [0.25, 0.3) is 10.0 Å². The number of benzene rings is 2. The highest BCUT2D eigenvalue weighted by atomic mass is 32.2. The van der Waals surface area contributed by atoms with E-state index in [0.717, 1.165) is 24.1 Å². The fraction of sp³-hybridized carbons (Fsp3) is 0.278. The van der Waals surface area contributed by atoms with Crippen molar-refractivity contribution in [2.75, 3.05) is 16.2 Å². The van der Waals surface area contributed by atoms with Crippen LogP contribution in [-0.4, -0.2) is 20.9 Å². The van der Waals surface area contributed by atoms with E-state index in [4.69, 9.17) is 0 Å². The smallest absolute Gasteiger partial charge is 0.264 e. The average molecular weight is 362 g/mol. The molecule has 0 unspecified atom stereocenters. The van der Waals surface area contributed by atoms with Gasteiger partial charge in [-0.25, -0.2) is 12.8 Å². The second-order valence-electron chi connectivity index (χ2n) is 5.88. The Labute approximate surface area is 146 Å². The predicted octanol–water partition coefficient (Wildman–Crippen LogP) is 3.32. The van der Waals surface area contributed by atoms with E-state index in [9.17, 15) is 17.6 Å². The Morgan fingerprint density at radius 3 is 2.60 bits per heavy atom. The quantitative estimate of drug-likeness (QED) is 0.907. The van der Waals surface area contributed by atoms with Crippen molar-refractivity contribution in [3.63, 3.8) is 0 Å². The Morgan fingerprint density at radius 2 is 1.92 bits per heavy atom. The van der Waals surface area contributed by atoms with Gasteiger partial charge in [0, 0.05) is 18.7 Å². The molecule has 0 fully saturated rings. The number of hydrogen-bond acceptors (Lipinski definition) is 3. The molecule has 1 aliphatic heterocycles. The second-order valence-corrected chi connectivity index (χ2v) is 7.74. The van der Waals surface area contributed by atoms with E-state index in [1.165, 1.54) is 16.4 Å². The Balaban J connectivity index is 2.01. The zero-order valence-corrected chi connectivity index (χ0v) is 14.6. The number of nitrogens with zero attached hydrogens (tertiary/aromatic N) is 1. The molecule has 1 aliphatic rings. The molecule has 0 aliphatic carbocycles. The molecule has 1 heterocycles. The summed E-state index contributed by atoms with van der Waals surface area (Å²) in [5, 5.41) is 2.75. The van der Waals surface area contributed by atoms with Crippen LogP contribution in [0.3, 0.4) is 0 Å². The van der Waals surface area contributed by atoms with E-state index >= 15 is 0 Å². The fourth-order valence-electron chi connectivity index (χ4n) is 2.85. The van der Waals surface area contributed by atoms with E-state index in [1.807, 2.05) is 6.07 Å². The molecule has 2 aromatic rings. The first kappa shape index (κ1) is 17.4. The Bertz CT molecular complexity index is 895. The van der Waals surface area contributed by atoms with Crippen molar-refractivity contribution in [1.82, 2.24) is 0 Å². The van der Waals surface area contributed by atoms with Gasteiger partial charge in [0.1, 0.15) is 5.82 Å². The summed E-state index contributed by atoms with van der Waals surface area (Å²) in [7, 11) is -3.79. The van der Waals surface area contributed by atoms with Crippen molar-refractivity contribution in [3.05, 3.63) is 53.8 Å². The topological polar surface area (TPSA) is 66.5 Å². The molecule has 0 aromatic heterocycles. The van der Waals surface area contributed by atoms with E-state index in [-0.39, 0.29) is 10.8 Å². The largest absolute Gasteiger partial charge is 0.326 e. The van der Waals surface area contributed by atoms with E-state index in [1.54, 1.807) is 19.1 Å². The van der Waals surface area contributed by atoms with Crippen LogP contribution in [0.2, 0.25) is 0 Å². The summed E-state index contributed by atoms with van der Waals surface area (Å²) in [5.74, 6) is -0.619. The number of rotatable bonds is 4. The molecule has 3 rings (SSSR count). The van der Waals surface area contributed by atoms with Gasteiger partial charge in [0.15, 0.2) is 0 Å². The fourth-order valence-corrected chi connectivity index (χ4v) is 4.38. The lowest BCUT2D eigenvalue weighted by molar-refractivity contribution is -0.115. The molecule has 1 N–H and O–H groups in total. The number of fused-ring (bicyclic) bond motifs is 1. The van der Waals surface area contributed by atoms with Gasteiger partial charge in [-0.05, 0) is 54.8 Å². The van der Waals surface area contributed by atoms with Crippen molar-refractivity contribution in [2.45, 2.75) is 31.1 Å². The summed E-state index contributed by atoms with van der Waals surface area (Å²) in [6.45, 7) is 2.09. The van der Waals surface area contributed by atoms with E-state index in [2.05, 4.69) is 5.32 Å². The molecule has 0 atom stereocenters.